The van der Waals surface area contributed by atoms with Gasteiger partial charge in [-0.2, -0.15) is 0 Å². The lowest BCUT2D eigenvalue weighted by Gasteiger charge is -2.52. The highest BCUT2D eigenvalue weighted by atomic mass is 16.8. The van der Waals surface area contributed by atoms with Crippen LogP contribution in [0.15, 0.2) is 0 Å². The molecule has 0 aliphatic carbocycles. The van der Waals surface area contributed by atoms with Crippen molar-refractivity contribution in [3.63, 3.8) is 0 Å². The Morgan fingerprint density at radius 3 is 1.19 bits per heavy atom. The first-order valence-electron chi connectivity index (χ1n) is 30.8. The smallest absolute Gasteiger partial charge is 0.217 e. The van der Waals surface area contributed by atoms with Gasteiger partial charge in [0.25, 0.3) is 0 Å². The highest BCUT2D eigenvalue weighted by molar-refractivity contribution is 5.74. The SMILES string of the molecule is CC(=O)N[C@H]1[C@H](O[C@H]2[C@H](O)[C@@H](NC(C)=O)C(O)O[C@@H]2CO[C@@H]2O[C@@H](C)[C@@H](O)[C@@H](O)[C@@H]2O)O[C@H](CO)[C@@H](O[C@@H]2O[C@H](CO)[C@@H](O)[C@H](O[C@H]3O[C@H](CO)[C@@H](O)[C@H](O)[C@@H]3O[C@@H]3O[C@H](CO)[C@@H](O[C@@H]4O[C@H](CO)[C@H](O)[C@H](O)[C@H]4O)[C@H](O[C@@H]4O[C@@H](C)[C@@H](O)[C@@H](O)[C@@H]4O)[C@H]3NC(C)=O)[C@@H]2O)[C@@H]1O. The molecule has 8 heterocycles. The largest absolute Gasteiger partial charge is 0.394 e. The maximum absolute atomic E-state index is 13.2. The van der Waals surface area contributed by atoms with E-state index in [2.05, 4.69) is 16.0 Å². The van der Waals surface area contributed by atoms with Crippen molar-refractivity contribution >= 4 is 17.7 Å². The molecule has 8 aliphatic heterocycles. The molecular weight excluding hydrogens is 1310 g/mol. The van der Waals surface area contributed by atoms with Crippen LogP contribution in [-0.4, -0.2) is 410 Å². The van der Waals surface area contributed by atoms with Gasteiger partial charge in [0.15, 0.2) is 50.3 Å². The molecule has 0 saturated carbocycles. The Kier molecular flexibility index (Phi) is 27.7. The average molecular weight is 1410 g/mol. The predicted octanol–water partition coefficient (Wildman–Crippen LogP) is -16.0. The number of carbonyl (C=O) groups is 3. The maximum atomic E-state index is 13.2. The molecule has 8 saturated heterocycles. The molecule has 8 fully saturated rings. The van der Waals surface area contributed by atoms with Crippen LogP contribution in [0.1, 0.15) is 34.6 Å². The quantitative estimate of drug-likeness (QED) is 0.0452. The second-order valence-corrected chi connectivity index (χ2v) is 24.6. The zero-order chi connectivity index (χ0) is 70.8. The maximum Gasteiger partial charge on any atom is 0.217 e. The summed E-state index contributed by atoms with van der Waals surface area (Å²) in [6.45, 7) is -0.626. The Balaban J connectivity index is 1.07. The van der Waals surface area contributed by atoms with Crippen LogP contribution in [0.2, 0.25) is 0 Å². The minimum absolute atomic E-state index is 0.769. The Bertz CT molecular complexity index is 2470. The van der Waals surface area contributed by atoms with Crippen molar-refractivity contribution < 1.29 is 193 Å². The van der Waals surface area contributed by atoms with Gasteiger partial charge in [-0.15, -0.1) is 0 Å². The van der Waals surface area contributed by atoms with Gasteiger partial charge in [-0.3, -0.25) is 14.4 Å². The lowest BCUT2D eigenvalue weighted by molar-refractivity contribution is -0.401. The molecule has 0 radical (unpaired) electrons. The molecule has 0 aromatic heterocycles. The lowest BCUT2D eigenvalue weighted by Crippen LogP contribution is -2.71. The summed E-state index contributed by atoms with van der Waals surface area (Å²) in [4.78, 5) is 38.4. The van der Waals surface area contributed by atoms with E-state index in [1.165, 1.54) is 13.8 Å². The van der Waals surface area contributed by atoms with Gasteiger partial charge in [0.05, 0.1) is 51.8 Å². The third-order valence-electron chi connectivity index (χ3n) is 17.8. The van der Waals surface area contributed by atoms with Crippen LogP contribution in [0, 0.1) is 0 Å². The van der Waals surface area contributed by atoms with Crippen LogP contribution in [0.25, 0.3) is 0 Å². The molecule has 8 rings (SSSR count). The summed E-state index contributed by atoms with van der Waals surface area (Å²) in [6, 6.07) is -5.45. The predicted molar refractivity (Wildman–Crippen MR) is 296 cm³/mol. The van der Waals surface area contributed by atoms with E-state index in [1.807, 2.05) is 0 Å². The number of carbonyl (C=O) groups excluding carboxylic acids is 3. The van der Waals surface area contributed by atoms with Crippen molar-refractivity contribution in [2.75, 3.05) is 39.6 Å². The fourth-order valence-electron chi connectivity index (χ4n) is 12.5. The van der Waals surface area contributed by atoms with Gasteiger partial charge in [0.1, 0.15) is 183 Å². The number of nitrogens with one attached hydrogen (secondary N) is 3. The van der Waals surface area contributed by atoms with Crippen molar-refractivity contribution in [2.24, 2.45) is 0 Å². The van der Waals surface area contributed by atoms with Crippen LogP contribution >= 0.6 is 0 Å². The summed E-state index contributed by atoms with van der Waals surface area (Å²) in [6.07, 6.45) is -71.9. The minimum Gasteiger partial charge on any atom is -0.394 e. The first kappa shape index (κ1) is 78.7. The van der Waals surface area contributed by atoms with Gasteiger partial charge in [-0.1, -0.05) is 0 Å². The zero-order valence-electron chi connectivity index (χ0n) is 52.1. The first-order valence-corrected chi connectivity index (χ1v) is 30.8. The van der Waals surface area contributed by atoms with E-state index >= 15 is 0 Å². The standard InChI is InChI=1S/C54H91N3O39/c1-12-26(66)33(73)37(77)50(83-12)82-11-22-42(31(71)23(47(81)85-22)55-14(3)63)91-48-24(56-15(4)64)32(72)41(20(9-61)89-48)92-53-40(80)45(30(70)19(8-60)87-53)95-54-46(36(76)29(69)18(7-59)88-54)96-49-25(57-16(5)65)44(94-51-38(78)34(74)27(67)13(2)84-51)43(21(10-62)90-49)93-52-39(79)35(75)28(68)17(6-58)86-52/h12-13,17-54,58-62,66-81H,6-11H2,1-5H3,(H,55,63)(H,56,64)(H,57,65)/t12-,13-,17+,18+,19+,20+,21+,22+,23+,24+,25+,26+,27+,28-,29+,30+,31+,32+,33+,34+,35-,36-,37-,38-,39+,40-,41+,42+,43+,44+,45-,46-,47?,48-,49-,50+,51-,52-,53-,54+/m0/s1. The van der Waals surface area contributed by atoms with Gasteiger partial charge in [0, 0.05) is 20.8 Å². The molecule has 556 valence electrons. The third kappa shape index (κ3) is 17.0. The number of aliphatic hydroxyl groups is 21. The van der Waals surface area contributed by atoms with Crippen LogP contribution in [-0.2, 0) is 85.4 Å². The molecule has 0 spiro atoms. The van der Waals surface area contributed by atoms with Crippen molar-refractivity contribution in [3.8, 4) is 0 Å². The van der Waals surface area contributed by atoms with Gasteiger partial charge in [0.2, 0.25) is 17.7 Å². The average Bonchev–Trinajstić information content (AvgIpc) is 0.769. The van der Waals surface area contributed by atoms with Gasteiger partial charge >= 0.3 is 0 Å². The molecule has 42 nitrogen and oxygen atoms in total. The van der Waals surface area contributed by atoms with Crippen LogP contribution in [0.3, 0.4) is 0 Å². The molecule has 1 unspecified atom stereocenters. The Labute approximate surface area is 545 Å². The molecule has 0 bridgehead atoms. The molecule has 3 amide bonds. The fourth-order valence-corrected chi connectivity index (χ4v) is 12.5. The van der Waals surface area contributed by atoms with E-state index in [0.717, 1.165) is 20.8 Å². The molecule has 40 atom stereocenters. The topological polar surface area (TPSA) is 651 Å². The summed E-state index contributed by atoms with van der Waals surface area (Å²) in [5, 5.41) is 238. The number of ether oxygens (including phenoxy) is 15. The molecule has 0 aromatic rings. The van der Waals surface area contributed by atoms with Gasteiger partial charge in [-0.05, 0) is 13.8 Å². The van der Waals surface area contributed by atoms with Crippen molar-refractivity contribution in [1.82, 2.24) is 16.0 Å². The first-order chi connectivity index (χ1) is 45.3. The number of rotatable bonds is 23. The molecule has 0 aromatic carbocycles. The van der Waals surface area contributed by atoms with E-state index < -0.39 is 303 Å². The van der Waals surface area contributed by atoms with E-state index in [-0.39, 0.29) is 0 Å². The number of amides is 3. The van der Waals surface area contributed by atoms with E-state index in [9.17, 15) is 122 Å². The van der Waals surface area contributed by atoms with E-state index in [0.29, 0.717) is 0 Å². The van der Waals surface area contributed by atoms with Crippen LogP contribution in [0.5, 0.6) is 0 Å². The highest BCUT2D eigenvalue weighted by Crippen LogP contribution is 2.39. The van der Waals surface area contributed by atoms with E-state index in [1.54, 1.807) is 0 Å². The number of aliphatic hydroxyl groups excluding tert-OH is 21. The minimum atomic E-state index is -2.39. The van der Waals surface area contributed by atoms with Crippen LogP contribution < -0.4 is 16.0 Å². The summed E-state index contributed by atoms with van der Waals surface area (Å²) in [7, 11) is 0. The molecule has 96 heavy (non-hydrogen) atoms. The summed E-state index contributed by atoms with van der Waals surface area (Å²) in [5.74, 6) is -2.62. The number of hydrogen-bond donors (Lipinski definition) is 24. The Hall–Kier alpha value is -3.03. The summed E-state index contributed by atoms with van der Waals surface area (Å²) >= 11 is 0. The highest BCUT2D eigenvalue weighted by Gasteiger charge is 2.60. The van der Waals surface area contributed by atoms with Gasteiger partial charge < -0.3 is 194 Å². The Morgan fingerprint density at radius 2 is 0.646 bits per heavy atom. The second kappa shape index (κ2) is 33.8. The number of hydrogen-bond acceptors (Lipinski definition) is 39. The van der Waals surface area contributed by atoms with Gasteiger partial charge in [-0.25, -0.2) is 0 Å². The molecule has 42 heteroatoms. The second-order valence-electron chi connectivity index (χ2n) is 24.6. The Morgan fingerprint density at radius 1 is 0.292 bits per heavy atom. The molecule has 24 N–H and O–H groups in total. The monoisotopic (exact) mass is 1410 g/mol. The van der Waals surface area contributed by atoms with Crippen molar-refractivity contribution in [1.29, 1.82) is 0 Å². The molecular formula is C54H91N3O39. The van der Waals surface area contributed by atoms with Crippen molar-refractivity contribution in [3.05, 3.63) is 0 Å². The third-order valence-corrected chi connectivity index (χ3v) is 17.8. The fraction of sp³-hybridized carbons (Fsp3) is 0.944. The van der Waals surface area contributed by atoms with Crippen molar-refractivity contribution in [2.45, 2.75) is 280 Å². The molecule has 8 aliphatic rings. The summed E-state index contributed by atoms with van der Waals surface area (Å²) < 4.78 is 88.7. The van der Waals surface area contributed by atoms with E-state index in [4.69, 9.17) is 71.1 Å². The normalized spacial score (nSPS) is 50.3. The lowest BCUT2D eigenvalue weighted by atomic mass is 9.93. The summed E-state index contributed by atoms with van der Waals surface area (Å²) in [5.41, 5.74) is 0. The zero-order valence-corrected chi connectivity index (χ0v) is 52.1. The van der Waals surface area contributed by atoms with Crippen LogP contribution in [0.4, 0.5) is 0 Å².